The number of carbonyl (C=O) groups excluding carboxylic acids is 1. The number of hydrogen-bond donors (Lipinski definition) is 1. The number of ether oxygens (including phenoxy) is 3. The summed E-state index contributed by atoms with van der Waals surface area (Å²) in [6.07, 6.45) is 0. The Morgan fingerprint density at radius 2 is 1.92 bits per heavy atom. The second-order valence-corrected chi connectivity index (χ2v) is 5.58. The number of halogens is 1. The largest absolute Gasteiger partial charge is 0.497 e. The number of rotatable bonds is 7. The molecule has 5 nitrogen and oxygen atoms in total. The third-order valence-electron chi connectivity index (χ3n) is 3.45. The van der Waals surface area contributed by atoms with E-state index in [0.29, 0.717) is 22.3 Å². The zero-order valence-corrected chi connectivity index (χ0v) is 14.6. The number of nitrogens with one attached hydrogen (secondary N) is 1. The Hall–Kier alpha value is -2.40. The molecule has 0 aliphatic rings. The maximum Gasteiger partial charge on any atom is 0.258 e. The van der Waals surface area contributed by atoms with Gasteiger partial charge in [0.25, 0.3) is 5.91 Å². The van der Waals surface area contributed by atoms with E-state index in [1.165, 1.54) is 0 Å². The van der Waals surface area contributed by atoms with Gasteiger partial charge in [0.1, 0.15) is 17.2 Å². The van der Waals surface area contributed by atoms with E-state index < -0.39 is 0 Å². The molecule has 2 aromatic rings. The van der Waals surface area contributed by atoms with Gasteiger partial charge in [-0.3, -0.25) is 4.79 Å². The molecule has 0 heterocycles. The zero-order valence-electron chi connectivity index (χ0n) is 13.8. The van der Waals surface area contributed by atoms with E-state index in [-0.39, 0.29) is 18.6 Å². The molecule has 1 N–H and O–H groups in total. The molecule has 0 fully saturated rings. The molecule has 0 radical (unpaired) electrons. The monoisotopic (exact) mass is 349 g/mol. The first-order valence-electron chi connectivity index (χ1n) is 7.43. The van der Waals surface area contributed by atoms with Gasteiger partial charge < -0.3 is 19.5 Å². The van der Waals surface area contributed by atoms with Crippen LogP contribution < -0.4 is 19.5 Å². The first-order chi connectivity index (χ1) is 11.5. The van der Waals surface area contributed by atoms with Crippen LogP contribution in [-0.2, 0) is 4.79 Å². The Kier molecular flexibility index (Phi) is 6.32. The van der Waals surface area contributed by atoms with E-state index in [1.54, 1.807) is 50.6 Å². The molecular weight excluding hydrogens is 330 g/mol. The summed E-state index contributed by atoms with van der Waals surface area (Å²) >= 11 is 5.88. The van der Waals surface area contributed by atoms with Gasteiger partial charge in [0.05, 0.1) is 20.3 Å². The molecule has 0 bridgehead atoms. The lowest BCUT2D eigenvalue weighted by Crippen LogP contribution is -2.31. The number of hydrogen-bond acceptors (Lipinski definition) is 4. The molecule has 24 heavy (non-hydrogen) atoms. The van der Waals surface area contributed by atoms with Gasteiger partial charge in [-0.05, 0) is 43.3 Å². The molecule has 2 rings (SSSR count). The maximum atomic E-state index is 12.1. The number of benzene rings is 2. The Labute approximate surface area is 146 Å². The number of carbonyl (C=O) groups is 1. The molecule has 0 spiro atoms. The van der Waals surface area contributed by atoms with E-state index in [1.807, 2.05) is 13.0 Å². The Balaban J connectivity index is 1.98. The highest BCUT2D eigenvalue weighted by Crippen LogP contribution is 2.29. The number of amides is 1. The standard InChI is InChI=1S/C18H20ClNO4/c1-12(16-10-14(22-2)7-8-17(16)23-3)20-18(21)11-24-15-6-4-5-13(19)9-15/h4-10,12H,11H2,1-3H3,(H,20,21)/t12-/m0/s1. The quantitative estimate of drug-likeness (QED) is 0.829. The summed E-state index contributed by atoms with van der Waals surface area (Å²) in [5.74, 6) is 1.68. The third kappa shape index (κ3) is 4.80. The van der Waals surface area contributed by atoms with Gasteiger partial charge in [-0.15, -0.1) is 0 Å². The number of methoxy groups -OCH3 is 2. The highest BCUT2D eigenvalue weighted by molar-refractivity contribution is 6.30. The summed E-state index contributed by atoms with van der Waals surface area (Å²) in [5, 5.41) is 3.43. The Morgan fingerprint density at radius 1 is 1.12 bits per heavy atom. The summed E-state index contributed by atoms with van der Waals surface area (Å²) < 4.78 is 16.0. The molecule has 0 saturated heterocycles. The molecule has 0 aromatic heterocycles. The van der Waals surface area contributed by atoms with Crippen molar-refractivity contribution in [3.8, 4) is 17.2 Å². The topological polar surface area (TPSA) is 56.8 Å². The highest BCUT2D eigenvalue weighted by atomic mass is 35.5. The van der Waals surface area contributed by atoms with E-state index in [2.05, 4.69) is 5.32 Å². The normalized spacial score (nSPS) is 11.5. The zero-order chi connectivity index (χ0) is 17.5. The van der Waals surface area contributed by atoms with Gasteiger partial charge in [0.2, 0.25) is 0 Å². The van der Waals surface area contributed by atoms with Crippen LogP contribution in [0.15, 0.2) is 42.5 Å². The van der Waals surface area contributed by atoms with Crippen molar-refractivity contribution in [1.82, 2.24) is 5.32 Å². The van der Waals surface area contributed by atoms with Crippen LogP contribution in [0.25, 0.3) is 0 Å². The van der Waals surface area contributed by atoms with Crippen molar-refractivity contribution in [3.63, 3.8) is 0 Å². The van der Waals surface area contributed by atoms with Crippen LogP contribution in [0.2, 0.25) is 5.02 Å². The molecule has 0 unspecified atom stereocenters. The maximum absolute atomic E-state index is 12.1. The summed E-state index contributed by atoms with van der Waals surface area (Å²) in [4.78, 5) is 12.1. The SMILES string of the molecule is COc1ccc(OC)c([C@H](C)NC(=O)COc2cccc(Cl)c2)c1. The molecular formula is C18H20ClNO4. The van der Waals surface area contributed by atoms with Crippen LogP contribution in [-0.4, -0.2) is 26.7 Å². The van der Waals surface area contributed by atoms with Crippen molar-refractivity contribution in [2.24, 2.45) is 0 Å². The van der Waals surface area contributed by atoms with Crippen molar-refractivity contribution >= 4 is 17.5 Å². The fraction of sp³-hybridized carbons (Fsp3) is 0.278. The van der Waals surface area contributed by atoms with Crippen molar-refractivity contribution in [3.05, 3.63) is 53.1 Å². The third-order valence-corrected chi connectivity index (χ3v) is 3.68. The Morgan fingerprint density at radius 3 is 2.58 bits per heavy atom. The first-order valence-corrected chi connectivity index (χ1v) is 7.81. The van der Waals surface area contributed by atoms with Crippen LogP contribution in [0.5, 0.6) is 17.2 Å². The first kappa shape index (κ1) is 17.9. The second-order valence-electron chi connectivity index (χ2n) is 5.14. The van der Waals surface area contributed by atoms with Crippen molar-refractivity contribution in [2.45, 2.75) is 13.0 Å². The Bertz CT molecular complexity index is 705. The summed E-state index contributed by atoms with van der Waals surface area (Å²) in [5.41, 5.74) is 0.827. The molecule has 6 heteroatoms. The van der Waals surface area contributed by atoms with Crippen LogP contribution in [0.4, 0.5) is 0 Å². The van der Waals surface area contributed by atoms with Crippen molar-refractivity contribution in [1.29, 1.82) is 0 Å². The predicted octanol–water partition coefficient (Wildman–Crippen LogP) is 3.61. The van der Waals surface area contributed by atoms with E-state index in [0.717, 1.165) is 5.56 Å². The van der Waals surface area contributed by atoms with Gasteiger partial charge in [-0.1, -0.05) is 17.7 Å². The van der Waals surface area contributed by atoms with Crippen LogP contribution in [0.3, 0.4) is 0 Å². The fourth-order valence-corrected chi connectivity index (χ4v) is 2.42. The summed E-state index contributed by atoms with van der Waals surface area (Å²) in [7, 11) is 3.18. The molecule has 128 valence electrons. The minimum atomic E-state index is -0.259. The lowest BCUT2D eigenvalue weighted by molar-refractivity contribution is -0.123. The van der Waals surface area contributed by atoms with Gasteiger partial charge in [-0.25, -0.2) is 0 Å². The second kappa shape index (κ2) is 8.45. The average Bonchev–Trinajstić information content (AvgIpc) is 2.59. The minimum absolute atomic E-state index is 0.100. The van der Waals surface area contributed by atoms with Crippen molar-refractivity contribution < 1.29 is 19.0 Å². The van der Waals surface area contributed by atoms with E-state index in [9.17, 15) is 4.79 Å². The molecule has 0 aliphatic heterocycles. The highest BCUT2D eigenvalue weighted by Gasteiger charge is 2.15. The van der Waals surface area contributed by atoms with Crippen molar-refractivity contribution in [2.75, 3.05) is 20.8 Å². The van der Waals surface area contributed by atoms with Gasteiger partial charge in [-0.2, -0.15) is 0 Å². The molecule has 0 saturated carbocycles. The lowest BCUT2D eigenvalue weighted by Gasteiger charge is -2.18. The molecule has 1 amide bonds. The molecule has 2 aromatic carbocycles. The molecule has 1 atom stereocenters. The van der Waals surface area contributed by atoms with Crippen LogP contribution >= 0.6 is 11.6 Å². The average molecular weight is 350 g/mol. The van der Waals surface area contributed by atoms with Gasteiger partial charge >= 0.3 is 0 Å². The van der Waals surface area contributed by atoms with Gasteiger partial charge in [0.15, 0.2) is 6.61 Å². The van der Waals surface area contributed by atoms with Crippen LogP contribution in [0, 0.1) is 0 Å². The van der Waals surface area contributed by atoms with E-state index >= 15 is 0 Å². The smallest absolute Gasteiger partial charge is 0.258 e. The van der Waals surface area contributed by atoms with Crippen LogP contribution in [0.1, 0.15) is 18.5 Å². The predicted molar refractivity (Wildman–Crippen MR) is 93.1 cm³/mol. The minimum Gasteiger partial charge on any atom is -0.497 e. The molecule has 0 aliphatic carbocycles. The summed E-state index contributed by atoms with van der Waals surface area (Å²) in [6, 6.07) is 12.1. The fourth-order valence-electron chi connectivity index (χ4n) is 2.24. The lowest BCUT2D eigenvalue weighted by atomic mass is 10.1. The van der Waals surface area contributed by atoms with Gasteiger partial charge in [0, 0.05) is 10.6 Å². The summed E-state index contributed by atoms with van der Waals surface area (Å²) in [6.45, 7) is 1.77. The van der Waals surface area contributed by atoms with E-state index in [4.69, 9.17) is 25.8 Å².